The standard InChI is InChI=1S/C18H22N4O2/c1-2-19-18(24)22-13-11-21(12-14-22)17(23)15-5-7-16(8-6-15)20-9-3-4-10-20/h3-10H,2,11-14H2,1H3,(H,19,24). The maximum Gasteiger partial charge on any atom is 0.317 e. The zero-order valence-electron chi connectivity index (χ0n) is 13.8. The van der Waals surface area contributed by atoms with Crippen molar-refractivity contribution in [3.63, 3.8) is 0 Å². The lowest BCUT2D eigenvalue weighted by Crippen LogP contribution is -2.53. The van der Waals surface area contributed by atoms with Gasteiger partial charge in [0.05, 0.1) is 0 Å². The highest BCUT2D eigenvalue weighted by molar-refractivity contribution is 5.94. The molecule has 0 saturated carbocycles. The van der Waals surface area contributed by atoms with Gasteiger partial charge in [0.1, 0.15) is 0 Å². The van der Waals surface area contributed by atoms with Crippen LogP contribution in [0.25, 0.3) is 5.69 Å². The fraction of sp³-hybridized carbons (Fsp3) is 0.333. The number of piperazine rings is 1. The predicted octanol–water partition coefficient (Wildman–Crippen LogP) is 1.96. The van der Waals surface area contributed by atoms with Crippen molar-refractivity contribution >= 4 is 11.9 Å². The Morgan fingerprint density at radius 1 is 0.958 bits per heavy atom. The van der Waals surface area contributed by atoms with Crippen molar-refractivity contribution in [2.75, 3.05) is 32.7 Å². The van der Waals surface area contributed by atoms with Gasteiger partial charge >= 0.3 is 6.03 Å². The Morgan fingerprint density at radius 3 is 2.12 bits per heavy atom. The second-order valence-corrected chi connectivity index (χ2v) is 5.75. The normalized spacial score (nSPS) is 14.5. The third kappa shape index (κ3) is 3.42. The summed E-state index contributed by atoms with van der Waals surface area (Å²) in [5.41, 5.74) is 1.70. The topological polar surface area (TPSA) is 57.6 Å². The summed E-state index contributed by atoms with van der Waals surface area (Å²) in [4.78, 5) is 28.0. The minimum absolute atomic E-state index is 0.0182. The van der Waals surface area contributed by atoms with E-state index < -0.39 is 0 Å². The molecule has 2 heterocycles. The lowest BCUT2D eigenvalue weighted by molar-refractivity contribution is 0.0665. The van der Waals surface area contributed by atoms with Crippen LogP contribution in [0.15, 0.2) is 48.8 Å². The van der Waals surface area contributed by atoms with E-state index in [2.05, 4.69) is 5.32 Å². The number of carbonyl (C=O) groups excluding carboxylic acids is 2. The first-order valence-electron chi connectivity index (χ1n) is 8.24. The Morgan fingerprint density at radius 2 is 1.54 bits per heavy atom. The molecule has 0 atom stereocenters. The van der Waals surface area contributed by atoms with Crippen molar-refractivity contribution in [3.05, 3.63) is 54.4 Å². The van der Waals surface area contributed by atoms with Crippen LogP contribution >= 0.6 is 0 Å². The fourth-order valence-electron chi connectivity index (χ4n) is 2.84. The highest BCUT2D eigenvalue weighted by Gasteiger charge is 2.24. The molecule has 0 unspecified atom stereocenters. The number of amides is 3. The Kier molecular flexibility index (Phi) is 4.84. The molecule has 3 amide bonds. The maximum atomic E-state index is 12.6. The third-order valence-electron chi connectivity index (χ3n) is 4.20. The lowest BCUT2D eigenvalue weighted by Gasteiger charge is -2.34. The summed E-state index contributed by atoms with van der Waals surface area (Å²) >= 11 is 0. The lowest BCUT2D eigenvalue weighted by atomic mass is 10.1. The smallest absolute Gasteiger partial charge is 0.317 e. The number of urea groups is 1. The fourth-order valence-corrected chi connectivity index (χ4v) is 2.84. The van der Waals surface area contributed by atoms with E-state index >= 15 is 0 Å². The number of benzene rings is 1. The van der Waals surface area contributed by atoms with Gasteiger partial charge in [-0.05, 0) is 43.3 Å². The Bertz CT molecular complexity index is 686. The molecule has 6 nitrogen and oxygen atoms in total. The van der Waals surface area contributed by atoms with Crippen molar-refractivity contribution in [1.82, 2.24) is 19.7 Å². The van der Waals surface area contributed by atoms with Crippen molar-refractivity contribution in [3.8, 4) is 5.69 Å². The van der Waals surface area contributed by atoms with Gasteiger partial charge in [0.2, 0.25) is 0 Å². The second kappa shape index (κ2) is 7.21. The van der Waals surface area contributed by atoms with Gasteiger partial charge in [-0.2, -0.15) is 0 Å². The minimum Gasteiger partial charge on any atom is -0.338 e. The van der Waals surface area contributed by atoms with Crippen LogP contribution in [0, 0.1) is 0 Å². The van der Waals surface area contributed by atoms with Crippen molar-refractivity contribution in [2.45, 2.75) is 6.92 Å². The van der Waals surface area contributed by atoms with Crippen LogP contribution in [0.5, 0.6) is 0 Å². The molecule has 1 saturated heterocycles. The molecule has 1 fully saturated rings. The summed E-state index contributed by atoms with van der Waals surface area (Å²) in [7, 11) is 0. The molecule has 1 aliphatic rings. The molecule has 1 N–H and O–H groups in total. The van der Waals surface area contributed by atoms with Crippen molar-refractivity contribution in [2.24, 2.45) is 0 Å². The van der Waals surface area contributed by atoms with Crippen LogP contribution in [0.2, 0.25) is 0 Å². The molecule has 126 valence electrons. The summed E-state index contributed by atoms with van der Waals surface area (Å²) in [5, 5.41) is 2.79. The molecular formula is C18H22N4O2. The molecule has 3 rings (SSSR count). The number of carbonyl (C=O) groups is 2. The molecular weight excluding hydrogens is 304 g/mol. The molecule has 0 radical (unpaired) electrons. The highest BCUT2D eigenvalue weighted by atomic mass is 16.2. The van der Waals surface area contributed by atoms with Crippen LogP contribution in [-0.2, 0) is 0 Å². The van der Waals surface area contributed by atoms with E-state index in [1.54, 1.807) is 9.80 Å². The van der Waals surface area contributed by atoms with E-state index in [9.17, 15) is 9.59 Å². The van der Waals surface area contributed by atoms with Gasteiger partial charge in [-0.3, -0.25) is 4.79 Å². The highest BCUT2D eigenvalue weighted by Crippen LogP contribution is 2.13. The van der Waals surface area contributed by atoms with Crippen molar-refractivity contribution < 1.29 is 9.59 Å². The first-order chi connectivity index (χ1) is 11.7. The number of nitrogens with zero attached hydrogens (tertiary/aromatic N) is 3. The Hall–Kier alpha value is -2.76. The first kappa shape index (κ1) is 16.1. The van der Waals surface area contributed by atoms with Gasteiger partial charge in [-0.1, -0.05) is 0 Å². The molecule has 24 heavy (non-hydrogen) atoms. The average molecular weight is 326 g/mol. The van der Waals surface area contributed by atoms with Crippen LogP contribution in [0.3, 0.4) is 0 Å². The molecule has 0 spiro atoms. The second-order valence-electron chi connectivity index (χ2n) is 5.75. The monoisotopic (exact) mass is 326 g/mol. The van der Waals surface area contributed by atoms with Crippen LogP contribution < -0.4 is 5.32 Å². The summed E-state index contributed by atoms with van der Waals surface area (Å²) in [6, 6.07) is 11.5. The van der Waals surface area contributed by atoms with Gasteiger partial charge in [-0.25, -0.2) is 4.79 Å². The number of hydrogen-bond donors (Lipinski definition) is 1. The molecule has 1 aromatic carbocycles. The molecule has 0 bridgehead atoms. The van der Waals surface area contributed by atoms with Crippen LogP contribution in [0.1, 0.15) is 17.3 Å². The largest absolute Gasteiger partial charge is 0.338 e. The summed E-state index contributed by atoms with van der Waals surface area (Å²) in [6.07, 6.45) is 3.94. The number of rotatable bonds is 3. The minimum atomic E-state index is -0.0549. The molecule has 2 aromatic rings. The number of aromatic nitrogens is 1. The van der Waals surface area contributed by atoms with Gasteiger partial charge in [-0.15, -0.1) is 0 Å². The quantitative estimate of drug-likeness (QED) is 0.937. The zero-order chi connectivity index (χ0) is 16.9. The summed E-state index contributed by atoms with van der Waals surface area (Å²) in [5.74, 6) is 0.0182. The Labute approximate surface area is 141 Å². The first-order valence-corrected chi connectivity index (χ1v) is 8.24. The Balaban J connectivity index is 1.60. The molecule has 1 aliphatic heterocycles. The van der Waals surface area contributed by atoms with E-state index in [1.165, 1.54) is 0 Å². The van der Waals surface area contributed by atoms with Crippen LogP contribution in [0.4, 0.5) is 4.79 Å². The number of hydrogen-bond acceptors (Lipinski definition) is 2. The van der Waals surface area contributed by atoms with E-state index in [0.717, 1.165) is 5.69 Å². The summed E-state index contributed by atoms with van der Waals surface area (Å²) < 4.78 is 2.00. The molecule has 0 aliphatic carbocycles. The third-order valence-corrected chi connectivity index (χ3v) is 4.20. The zero-order valence-corrected chi connectivity index (χ0v) is 13.8. The van der Waals surface area contributed by atoms with Gasteiger partial charge in [0.25, 0.3) is 5.91 Å². The molecule has 1 aromatic heterocycles. The molecule has 6 heteroatoms. The van der Waals surface area contributed by atoms with Crippen molar-refractivity contribution in [1.29, 1.82) is 0 Å². The van der Waals surface area contributed by atoms with E-state index in [1.807, 2.05) is 60.3 Å². The predicted molar refractivity (Wildman–Crippen MR) is 92.3 cm³/mol. The van der Waals surface area contributed by atoms with Crippen LogP contribution in [-0.4, -0.2) is 59.0 Å². The SMILES string of the molecule is CCNC(=O)N1CCN(C(=O)c2ccc(-n3cccc3)cc2)CC1. The van der Waals surface area contributed by atoms with E-state index in [4.69, 9.17) is 0 Å². The van der Waals surface area contributed by atoms with Gasteiger partial charge < -0.3 is 19.7 Å². The van der Waals surface area contributed by atoms with E-state index in [0.29, 0.717) is 38.3 Å². The average Bonchev–Trinajstić information content (AvgIpc) is 3.16. The summed E-state index contributed by atoms with van der Waals surface area (Å²) in [6.45, 7) is 4.78. The maximum absolute atomic E-state index is 12.6. The van der Waals surface area contributed by atoms with E-state index in [-0.39, 0.29) is 11.9 Å². The number of nitrogens with one attached hydrogen (secondary N) is 1. The van der Waals surface area contributed by atoms with Gasteiger partial charge in [0, 0.05) is 56.4 Å². The van der Waals surface area contributed by atoms with Gasteiger partial charge in [0.15, 0.2) is 0 Å².